The summed E-state index contributed by atoms with van der Waals surface area (Å²) in [7, 11) is 1.57. The van der Waals surface area contributed by atoms with Crippen molar-refractivity contribution < 1.29 is 22.7 Å². The summed E-state index contributed by atoms with van der Waals surface area (Å²) in [5.41, 5.74) is 7.32. The van der Waals surface area contributed by atoms with Crippen LogP contribution in [0.1, 0.15) is 34.0 Å². The van der Waals surface area contributed by atoms with Gasteiger partial charge in [0.05, 0.1) is 30.3 Å². The topological polar surface area (TPSA) is 82.5 Å². The van der Waals surface area contributed by atoms with Gasteiger partial charge < -0.3 is 15.0 Å². The van der Waals surface area contributed by atoms with Gasteiger partial charge in [0.2, 0.25) is 11.9 Å². The molecule has 0 bridgehead atoms. The Morgan fingerprint density at radius 1 is 1.15 bits per heavy atom. The standard InChI is InChI=1S/C25H21F3N4O2/c1-25(27,28)19-9-5-16(11-20(19)26)14-32-22-10-6-17(23(29)33)12-21(22)31-24(32)30-13-15-3-7-18(34-2)8-4-15/h3-13H,14H2,1-2H3,(H2,29,33)/b30-13+. The number of nitrogens with zero attached hydrogens (tertiary/aromatic N) is 3. The first-order valence-corrected chi connectivity index (χ1v) is 10.3. The lowest BCUT2D eigenvalue weighted by Crippen LogP contribution is -2.11. The molecule has 1 aromatic heterocycles. The highest BCUT2D eigenvalue weighted by Crippen LogP contribution is 2.30. The summed E-state index contributed by atoms with van der Waals surface area (Å²) < 4.78 is 48.4. The molecule has 1 amide bonds. The number of nitrogens with two attached hydrogens (primary N) is 1. The largest absolute Gasteiger partial charge is 0.497 e. The Kier molecular flexibility index (Phi) is 6.10. The summed E-state index contributed by atoms with van der Waals surface area (Å²) in [6.45, 7) is 0.769. The van der Waals surface area contributed by atoms with Gasteiger partial charge in [-0.2, -0.15) is 0 Å². The summed E-state index contributed by atoms with van der Waals surface area (Å²) in [4.78, 5) is 20.6. The van der Waals surface area contributed by atoms with E-state index in [2.05, 4.69) is 9.98 Å². The van der Waals surface area contributed by atoms with Crippen LogP contribution in [0, 0.1) is 5.82 Å². The molecule has 0 fully saturated rings. The average molecular weight is 466 g/mol. The minimum absolute atomic E-state index is 0.119. The lowest BCUT2D eigenvalue weighted by molar-refractivity contribution is 0.0137. The van der Waals surface area contributed by atoms with Crippen LogP contribution in [0.3, 0.4) is 0 Å². The van der Waals surface area contributed by atoms with Gasteiger partial charge in [-0.25, -0.2) is 23.1 Å². The molecule has 0 aliphatic heterocycles. The number of carbonyl (C=O) groups is 1. The minimum atomic E-state index is -3.29. The molecule has 0 radical (unpaired) electrons. The van der Waals surface area contributed by atoms with E-state index >= 15 is 0 Å². The molecule has 0 spiro atoms. The Bertz CT molecular complexity index is 1390. The van der Waals surface area contributed by atoms with Crippen molar-refractivity contribution in [1.29, 1.82) is 0 Å². The van der Waals surface area contributed by atoms with Gasteiger partial charge in [-0.05, 0) is 65.7 Å². The summed E-state index contributed by atoms with van der Waals surface area (Å²) in [6, 6.07) is 15.6. The number of ether oxygens (including phenoxy) is 1. The van der Waals surface area contributed by atoms with Gasteiger partial charge in [-0.1, -0.05) is 6.07 Å². The molecule has 0 atom stereocenters. The molecule has 9 heteroatoms. The van der Waals surface area contributed by atoms with E-state index in [-0.39, 0.29) is 18.1 Å². The smallest absolute Gasteiger partial charge is 0.273 e. The monoisotopic (exact) mass is 466 g/mol. The van der Waals surface area contributed by atoms with E-state index in [9.17, 15) is 18.0 Å². The van der Waals surface area contributed by atoms with Crippen molar-refractivity contribution in [3.63, 3.8) is 0 Å². The quantitative estimate of drug-likeness (QED) is 0.381. The zero-order chi connectivity index (χ0) is 24.5. The molecule has 0 saturated heterocycles. The van der Waals surface area contributed by atoms with Crippen LogP contribution in [-0.2, 0) is 12.5 Å². The van der Waals surface area contributed by atoms with Crippen LogP contribution in [0.5, 0.6) is 5.75 Å². The lowest BCUT2D eigenvalue weighted by Gasteiger charge is -2.13. The molecular weight excluding hydrogens is 445 g/mol. The number of fused-ring (bicyclic) bond motifs is 1. The number of halogens is 3. The predicted molar refractivity (Wildman–Crippen MR) is 124 cm³/mol. The molecule has 0 aliphatic rings. The van der Waals surface area contributed by atoms with Crippen molar-refractivity contribution in [3.05, 3.63) is 88.7 Å². The first kappa shape index (κ1) is 23.0. The fourth-order valence-corrected chi connectivity index (χ4v) is 3.54. The molecular formula is C25H21F3N4O2. The van der Waals surface area contributed by atoms with E-state index in [1.54, 1.807) is 48.2 Å². The van der Waals surface area contributed by atoms with Crippen molar-refractivity contribution in [2.45, 2.75) is 19.4 Å². The maximum atomic E-state index is 14.4. The van der Waals surface area contributed by atoms with E-state index in [4.69, 9.17) is 10.5 Å². The van der Waals surface area contributed by atoms with Gasteiger partial charge in [-0.3, -0.25) is 4.79 Å². The Morgan fingerprint density at radius 3 is 2.50 bits per heavy atom. The summed E-state index contributed by atoms with van der Waals surface area (Å²) in [6.07, 6.45) is 1.60. The highest BCUT2D eigenvalue weighted by atomic mass is 19.3. The Balaban J connectivity index is 1.76. The maximum absolute atomic E-state index is 14.4. The Hall–Kier alpha value is -4.14. The van der Waals surface area contributed by atoms with Gasteiger partial charge in [0.1, 0.15) is 11.6 Å². The molecule has 0 unspecified atom stereocenters. The zero-order valence-electron chi connectivity index (χ0n) is 18.4. The number of aromatic nitrogens is 2. The van der Waals surface area contributed by atoms with Crippen LogP contribution < -0.4 is 10.5 Å². The normalized spacial score (nSPS) is 11.9. The summed E-state index contributed by atoms with van der Waals surface area (Å²) in [5, 5.41) is 0. The first-order valence-electron chi connectivity index (χ1n) is 10.3. The van der Waals surface area contributed by atoms with Crippen LogP contribution in [0.25, 0.3) is 11.0 Å². The maximum Gasteiger partial charge on any atom is 0.273 e. The van der Waals surface area contributed by atoms with Crippen LogP contribution in [0.4, 0.5) is 19.1 Å². The zero-order valence-corrected chi connectivity index (χ0v) is 18.4. The molecule has 2 N–H and O–H groups in total. The second-order valence-electron chi connectivity index (χ2n) is 7.80. The minimum Gasteiger partial charge on any atom is -0.497 e. The van der Waals surface area contributed by atoms with Gasteiger partial charge in [0.25, 0.3) is 5.92 Å². The molecule has 1 heterocycles. The van der Waals surface area contributed by atoms with Crippen molar-refractivity contribution in [2.75, 3.05) is 7.11 Å². The van der Waals surface area contributed by atoms with Gasteiger partial charge >= 0.3 is 0 Å². The predicted octanol–water partition coefficient (Wildman–Crippen LogP) is 5.19. The number of alkyl halides is 2. The van der Waals surface area contributed by atoms with Crippen molar-refractivity contribution in [2.24, 2.45) is 10.7 Å². The fraction of sp³-hybridized carbons (Fsp3) is 0.160. The molecule has 4 rings (SSSR count). The third-order valence-corrected chi connectivity index (χ3v) is 5.30. The number of amides is 1. The Labute approximate surface area is 193 Å². The van der Waals surface area contributed by atoms with E-state index < -0.39 is 23.2 Å². The highest BCUT2D eigenvalue weighted by Gasteiger charge is 2.28. The third kappa shape index (κ3) is 4.78. The highest BCUT2D eigenvalue weighted by molar-refractivity contribution is 5.96. The van der Waals surface area contributed by atoms with Crippen LogP contribution in [-0.4, -0.2) is 28.8 Å². The van der Waals surface area contributed by atoms with E-state index in [0.29, 0.717) is 29.3 Å². The van der Waals surface area contributed by atoms with Crippen LogP contribution >= 0.6 is 0 Å². The number of hydrogen-bond acceptors (Lipinski definition) is 4. The number of hydrogen-bond donors (Lipinski definition) is 1. The summed E-state index contributed by atoms with van der Waals surface area (Å²) >= 11 is 0. The Morgan fingerprint density at radius 2 is 1.88 bits per heavy atom. The van der Waals surface area contributed by atoms with E-state index in [1.807, 2.05) is 12.1 Å². The molecule has 0 aliphatic carbocycles. The molecule has 6 nitrogen and oxygen atoms in total. The molecule has 4 aromatic rings. The van der Waals surface area contributed by atoms with E-state index in [1.165, 1.54) is 6.07 Å². The SMILES string of the molecule is COc1ccc(/C=N/c2nc3cc(C(N)=O)ccc3n2Cc2ccc(C(C)(F)F)c(F)c2)cc1. The van der Waals surface area contributed by atoms with E-state index in [0.717, 1.165) is 17.7 Å². The third-order valence-electron chi connectivity index (χ3n) is 5.30. The second-order valence-corrected chi connectivity index (χ2v) is 7.80. The van der Waals surface area contributed by atoms with Crippen LogP contribution in [0.2, 0.25) is 0 Å². The number of aliphatic imine (C=N–C) groups is 1. The first-order chi connectivity index (χ1) is 16.2. The number of imidazole rings is 1. The fourth-order valence-electron chi connectivity index (χ4n) is 3.54. The summed E-state index contributed by atoms with van der Waals surface area (Å²) in [5.74, 6) is -3.89. The van der Waals surface area contributed by atoms with Gasteiger partial charge in [-0.15, -0.1) is 0 Å². The van der Waals surface area contributed by atoms with Crippen molar-refractivity contribution in [3.8, 4) is 5.75 Å². The van der Waals surface area contributed by atoms with Crippen LogP contribution in [0.15, 0.2) is 65.7 Å². The van der Waals surface area contributed by atoms with Crippen molar-refractivity contribution in [1.82, 2.24) is 9.55 Å². The average Bonchev–Trinajstić information content (AvgIpc) is 3.13. The number of carbonyl (C=O) groups excluding carboxylic acids is 1. The number of benzene rings is 3. The number of primary amides is 1. The molecule has 0 saturated carbocycles. The molecule has 174 valence electrons. The molecule has 3 aromatic carbocycles. The molecule has 34 heavy (non-hydrogen) atoms. The van der Waals surface area contributed by atoms with Gasteiger partial charge in [0, 0.05) is 18.7 Å². The van der Waals surface area contributed by atoms with Crippen molar-refractivity contribution >= 4 is 29.1 Å². The number of methoxy groups -OCH3 is 1. The second kappa shape index (κ2) is 9.01. The number of rotatable bonds is 7. The van der Waals surface area contributed by atoms with Gasteiger partial charge in [0.15, 0.2) is 0 Å². The lowest BCUT2D eigenvalue weighted by atomic mass is 10.1.